The van der Waals surface area contributed by atoms with Gasteiger partial charge in [-0.25, -0.2) is 0 Å². The fraction of sp³-hybridized carbons (Fsp3) is 0.529. The molecule has 1 saturated carbocycles. The molecule has 138 valence electrons. The van der Waals surface area contributed by atoms with Gasteiger partial charge in [0.1, 0.15) is 6.54 Å². The Labute approximate surface area is 143 Å². The second-order valence-corrected chi connectivity index (χ2v) is 6.17. The summed E-state index contributed by atoms with van der Waals surface area (Å²) in [6.07, 6.45) is -0.873. The zero-order valence-corrected chi connectivity index (χ0v) is 13.7. The molecular weight excluding hydrogens is 337 g/mol. The van der Waals surface area contributed by atoms with Crippen LogP contribution < -0.4 is 5.32 Å². The van der Waals surface area contributed by atoms with Gasteiger partial charge in [-0.3, -0.25) is 14.5 Å². The Hall–Kier alpha value is -2.09. The number of carbonyl (C=O) groups is 2. The van der Waals surface area contributed by atoms with E-state index in [4.69, 9.17) is 5.11 Å². The molecule has 1 aromatic carbocycles. The molecule has 8 heteroatoms. The number of hydrogen-bond acceptors (Lipinski definition) is 3. The number of nitrogens with one attached hydrogen (secondary N) is 1. The van der Waals surface area contributed by atoms with E-state index in [9.17, 15) is 22.8 Å². The minimum atomic E-state index is -4.45. The van der Waals surface area contributed by atoms with Crippen LogP contribution in [-0.4, -0.2) is 41.0 Å². The lowest BCUT2D eigenvalue weighted by Gasteiger charge is -2.29. The normalized spacial score (nSPS) is 15.5. The van der Waals surface area contributed by atoms with Gasteiger partial charge in [0.05, 0.1) is 12.1 Å². The molecule has 1 aliphatic rings. The van der Waals surface area contributed by atoms with Gasteiger partial charge in [-0.1, -0.05) is 31.0 Å². The van der Waals surface area contributed by atoms with Crippen molar-refractivity contribution in [2.45, 2.75) is 44.4 Å². The van der Waals surface area contributed by atoms with Crippen LogP contribution in [0.15, 0.2) is 24.3 Å². The van der Waals surface area contributed by atoms with Crippen molar-refractivity contribution in [2.24, 2.45) is 0 Å². The Kier molecular flexibility index (Phi) is 6.41. The van der Waals surface area contributed by atoms with E-state index in [1.165, 1.54) is 12.1 Å². The third-order valence-electron chi connectivity index (χ3n) is 4.32. The lowest BCUT2D eigenvalue weighted by atomic mass is 10.1. The van der Waals surface area contributed by atoms with Crippen LogP contribution in [0.4, 0.5) is 13.2 Å². The lowest BCUT2D eigenvalue weighted by molar-refractivity contribution is -0.139. The molecule has 1 amide bonds. The molecule has 5 nitrogen and oxygen atoms in total. The van der Waals surface area contributed by atoms with E-state index in [1.807, 2.05) is 0 Å². The third kappa shape index (κ3) is 5.74. The van der Waals surface area contributed by atoms with Crippen LogP contribution in [0, 0.1) is 0 Å². The number of halogens is 3. The topological polar surface area (TPSA) is 69.6 Å². The molecule has 0 radical (unpaired) electrons. The minimum Gasteiger partial charge on any atom is -0.480 e. The van der Waals surface area contributed by atoms with E-state index in [2.05, 4.69) is 5.32 Å². The SMILES string of the molecule is O=C(O)CNC(=O)CN(Cc1ccccc1C(F)(F)F)C1CCCC1. The number of nitrogens with zero attached hydrogens (tertiary/aromatic N) is 1. The molecule has 1 aliphatic carbocycles. The molecule has 0 atom stereocenters. The number of carboxylic acid groups (broad SMARTS) is 1. The first-order chi connectivity index (χ1) is 11.8. The molecule has 2 rings (SSSR count). The van der Waals surface area contributed by atoms with Crippen molar-refractivity contribution in [3.05, 3.63) is 35.4 Å². The second-order valence-electron chi connectivity index (χ2n) is 6.17. The van der Waals surface area contributed by atoms with E-state index < -0.39 is 30.2 Å². The smallest absolute Gasteiger partial charge is 0.416 e. The number of rotatable bonds is 7. The van der Waals surface area contributed by atoms with E-state index in [1.54, 1.807) is 11.0 Å². The van der Waals surface area contributed by atoms with Crippen LogP contribution in [0.1, 0.15) is 36.8 Å². The summed E-state index contributed by atoms with van der Waals surface area (Å²) in [4.78, 5) is 24.2. The van der Waals surface area contributed by atoms with Crippen LogP contribution >= 0.6 is 0 Å². The van der Waals surface area contributed by atoms with Crippen molar-refractivity contribution >= 4 is 11.9 Å². The molecule has 2 N–H and O–H groups in total. The highest BCUT2D eigenvalue weighted by Gasteiger charge is 2.34. The highest BCUT2D eigenvalue weighted by atomic mass is 19.4. The van der Waals surface area contributed by atoms with Gasteiger partial charge in [0, 0.05) is 12.6 Å². The van der Waals surface area contributed by atoms with Gasteiger partial charge in [0.15, 0.2) is 0 Å². The fourth-order valence-electron chi connectivity index (χ4n) is 3.15. The number of carboxylic acids is 1. The van der Waals surface area contributed by atoms with Gasteiger partial charge >= 0.3 is 12.1 Å². The number of aliphatic carboxylic acids is 1. The van der Waals surface area contributed by atoms with Crippen molar-refractivity contribution in [1.82, 2.24) is 10.2 Å². The molecule has 25 heavy (non-hydrogen) atoms. The summed E-state index contributed by atoms with van der Waals surface area (Å²) in [5, 5.41) is 10.9. The lowest BCUT2D eigenvalue weighted by Crippen LogP contribution is -2.43. The Morgan fingerprint density at radius 2 is 1.84 bits per heavy atom. The van der Waals surface area contributed by atoms with Gasteiger partial charge in [0.25, 0.3) is 0 Å². The number of alkyl halides is 3. The number of benzene rings is 1. The average molecular weight is 358 g/mol. The predicted molar refractivity (Wildman–Crippen MR) is 84.8 cm³/mol. The van der Waals surface area contributed by atoms with E-state index >= 15 is 0 Å². The molecule has 1 aromatic rings. The largest absolute Gasteiger partial charge is 0.480 e. The molecular formula is C17H21F3N2O3. The molecule has 0 aliphatic heterocycles. The number of carbonyl (C=O) groups excluding carboxylic acids is 1. The summed E-state index contributed by atoms with van der Waals surface area (Å²) >= 11 is 0. The summed E-state index contributed by atoms with van der Waals surface area (Å²) in [6.45, 7) is -0.624. The quantitative estimate of drug-likeness (QED) is 0.786. The van der Waals surface area contributed by atoms with Crippen molar-refractivity contribution in [3.63, 3.8) is 0 Å². The molecule has 0 unspecified atom stereocenters. The van der Waals surface area contributed by atoms with Crippen LogP contribution in [0.3, 0.4) is 0 Å². The maximum atomic E-state index is 13.2. The second kappa shape index (κ2) is 8.33. The van der Waals surface area contributed by atoms with Gasteiger partial charge in [-0.05, 0) is 24.5 Å². The number of hydrogen-bond donors (Lipinski definition) is 2. The molecule has 0 bridgehead atoms. The van der Waals surface area contributed by atoms with Crippen LogP contribution in [-0.2, 0) is 22.3 Å². The maximum absolute atomic E-state index is 13.2. The first-order valence-corrected chi connectivity index (χ1v) is 8.15. The fourth-order valence-corrected chi connectivity index (χ4v) is 3.15. The van der Waals surface area contributed by atoms with Gasteiger partial charge in [-0.2, -0.15) is 13.2 Å². The zero-order valence-electron chi connectivity index (χ0n) is 13.7. The van der Waals surface area contributed by atoms with E-state index in [0.717, 1.165) is 31.7 Å². The number of amides is 1. The summed E-state index contributed by atoms with van der Waals surface area (Å²) in [5.74, 6) is -1.66. The Bertz CT molecular complexity index is 613. The van der Waals surface area contributed by atoms with E-state index in [0.29, 0.717) is 0 Å². The van der Waals surface area contributed by atoms with Crippen molar-refractivity contribution < 1.29 is 27.9 Å². The minimum absolute atomic E-state index is 0.000835. The first kappa shape index (κ1) is 19.2. The predicted octanol–water partition coefficient (Wildman–Crippen LogP) is 2.65. The highest BCUT2D eigenvalue weighted by molar-refractivity contribution is 5.82. The van der Waals surface area contributed by atoms with Gasteiger partial charge in [-0.15, -0.1) is 0 Å². The summed E-state index contributed by atoms with van der Waals surface area (Å²) in [5.41, 5.74) is -0.586. The summed E-state index contributed by atoms with van der Waals surface area (Å²) in [6, 6.07) is 5.36. The Morgan fingerprint density at radius 1 is 1.20 bits per heavy atom. The molecule has 0 spiro atoms. The van der Waals surface area contributed by atoms with Crippen molar-refractivity contribution in [1.29, 1.82) is 0 Å². The third-order valence-corrected chi connectivity index (χ3v) is 4.32. The van der Waals surface area contributed by atoms with Gasteiger partial charge < -0.3 is 10.4 Å². The molecule has 1 fully saturated rings. The molecule has 0 aromatic heterocycles. The zero-order chi connectivity index (χ0) is 18.4. The van der Waals surface area contributed by atoms with E-state index in [-0.39, 0.29) is 24.7 Å². The van der Waals surface area contributed by atoms with Crippen LogP contribution in [0.2, 0.25) is 0 Å². The van der Waals surface area contributed by atoms with Gasteiger partial charge in [0.2, 0.25) is 5.91 Å². The molecule has 0 saturated heterocycles. The first-order valence-electron chi connectivity index (χ1n) is 8.15. The summed E-state index contributed by atoms with van der Waals surface area (Å²) in [7, 11) is 0. The van der Waals surface area contributed by atoms with Crippen molar-refractivity contribution in [3.8, 4) is 0 Å². The van der Waals surface area contributed by atoms with Crippen molar-refractivity contribution in [2.75, 3.05) is 13.1 Å². The van der Waals surface area contributed by atoms with Crippen LogP contribution in [0.25, 0.3) is 0 Å². The van der Waals surface area contributed by atoms with Crippen LogP contribution in [0.5, 0.6) is 0 Å². The maximum Gasteiger partial charge on any atom is 0.416 e. The summed E-state index contributed by atoms with van der Waals surface area (Å²) < 4.78 is 39.6. The average Bonchev–Trinajstić information content (AvgIpc) is 3.06. The monoisotopic (exact) mass is 358 g/mol. The molecule has 0 heterocycles. The standard InChI is InChI=1S/C17H21F3N2O3/c18-17(19,20)14-8-4-1-5-12(14)10-22(13-6-2-3-7-13)11-15(23)21-9-16(24)25/h1,4-5,8,13H,2-3,6-7,9-11H2,(H,21,23)(H,24,25). The Morgan fingerprint density at radius 3 is 2.44 bits per heavy atom. The highest BCUT2D eigenvalue weighted by Crippen LogP contribution is 2.33. The Balaban J connectivity index is 2.14.